The Morgan fingerprint density at radius 2 is 2.24 bits per heavy atom. The highest BCUT2D eigenvalue weighted by atomic mass is 35.5. The van der Waals surface area contributed by atoms with E-state index in [2.05, 4.69) is 9.97 Å². The van der Waals surface area contributed by atoms with Gasteiger partial charge in [-0.3, -0.25) is 4.79 Å². The fourth-order valence-electron chi connectivity index (χ4n) is 1.30. The van der Waals surface area contributed by atoms with E-state index in [9.17, 15) is 4.79 Å². The van der Waals surface area contributed by atoms with Crippen molar-refractivity contribution in [1.82, 2.24) is 9.97 Å². The second-order valence-corrected chi connectivity index (χ2v) is 4.92. The Morgan fingerprint density at radius 1 is 1.47 bits per heavy atom. The number of nitrogen functional groups attached to an aromatic ring is 1. The molecule has 0 unspecified atom stereocenters. The van der Waals surface area contributed by atoms with Gasteiger partial charge in [0.15, 0.2) is 5.16 Å². The van der Waals surface area contributed by atoms with E-state index in [0.717, 1.165) is 10.5 Å². The Kier molecular flexibility index (Phi) is 3.40. The molecule has 2 rings (SSSR count). The third kappa shape index (κ3) is 2.81. The van der Waals surface area contributed by atoms with Gasteiger partial charge >= 0.3 is 0 Å². The summed E-state index contributed by atoms with van der Waals surface area (Å²) >= 11 is 7.30. The highest BCUT2D eigenvalue weighted by Gasteiger charge is 2.06. The standard InChI is InChI=1S/C11H10ClN3OS/c1-6-4-8(13)7(12)5-9(6)17-11-14-3-2-10(16)15-11/h2-5H,13H2,1H3,(H,14,15,16). The van der Waals surface area contributed by atoms with E-state index in [1.54, 1.807) is 12.1 Å². The molecular formula is C11H10ClN3OS. The van der Waals surface area contributed by atoms with Crippen molar-refractivity contribution in [3.05, 3.63) is 45.3 Å². The van der Waals surface area contributed by atoms with E-state index in [-0.39, 0.29) is 5.56 Å². The van der Waals surface area contributed by atoms with Crippen molar-refractivity contribution in [2.75, 3.05) is 5.73 Å². The van der Waals surface area contributed by atoms with Crippen molar-refractivity contribution in [1.29, 1.82) is 0 Å². The van der Waals surface area contributed by atoms with Gasteiger partial charge in [0.25, 0.3) is 5.56 Å². The maximum absolute atomic E-state index is 11.1. The van der Waals surface area contributed by atoms with E-state index in [1.807, 2.05) is 6.92 Å². The van der Waals surface area contributed by atoms with E-state index < -0.39 is 0 Å². The van der Waals surface area contributed by atoms with Gasteiger partial charge in [-0.1, -0.05) is 23.4 Å². The number of nitrogens with two attached hydrogens (primary N) is 1. The summed E-state index contributed by atoms with van der Waals surface area (Å²) in [7, 11) is 0. The molecule has 2 aromatic rings. The first kappa shape index (κ1) is 12.0. The molecule has 0 aliphatic rings. The molecule has 1 heterocycles. The lowest BCUT2D eigenvalue weighted by atomic mass is 10.2. The third-order valence-electron chi connectivity index (χ3n) is 2.15. The number of aromatic amines is 1. The van der Waals surface area contributed by atoms with Gasteiger partial charge in [-0.05, 0) is 24.6 Å². The Morgan fingerprint density at radius 3 is 2.94 bits per heavy atom. The zero-order chi connectivity index (χ0) is 12.4. The van der Waals surface area contributed by atoms with Crippen LogP contribution in [0.3, 0.4) is 0 Å². The van der Waals surface area contributed by atoms with Gasteiger partial charge in [-0.25, -0.2) is 4.98 Å². The number of rotatable bonds is 2. The second-order valence-electron chi connectivity index (χ2n) is 3.48. The Balaban J connectivity index is 2.36. The summed E-state index contributed by atoms with van der Waals surface area (Å²) < 4.78 is 0. The lowest BCUT2D eigenvalue weighted by Gasteiger charge is -2.07. The molecule has 17 heavy (non-hydrogen) atoms. The predicted molar refractivity (Wildman–Crippen MR) is 69.6 cm³/mol. The number of aromatic nitrogens is 2. The van der Waals surface area contributed by atoms with Crippen molar-refractivity contribution in [3.63, 3.8) is 0 Å². The molecular weight excluding hydrogens is 258 g/mol. The number of benzene rings is 1. The molecule has 0 aliphatic carbocycles. The average molecular weight is 268 g/mol. The fraction of sp³-hybridized carbons (Fsp3) is 0.0909. The lowest BCUT2D eigenvalue weighted by Crippen LogP contribution is -2.05. The Labute approximate surface area is 107 Å². The lowest BCUT2D eigenvalue weighted by molar-refractivity contribution is 0.936. The number of nitrogens with one attached hydrogen (secondary N) is 1. The minimum absolute atomic E-state index is 0.179. The molecule has 6 heteroatoms. The van der Waals surface area contributed by atoms with Gasteiger partial charge in [-0.15, -0.1) is 0 Å². The quantitative estimate of drug-likeness (QED) is 0.648. The smallest absolute Gasteiger partial charge is 0.251 e. The molecule has 0 fully saturated rings. The van der Waals surface area contributed by atoms with Gasteiger partial charge in [0.05, 0.1) is 10.7 Å². The zero-order valence-corrected chi connectivity index (χ0v) is 10.6. The first-order valence-corrected chi connectivity index (χ1v) is 6.04. The van der Waals surface area contributed by atoms with E-state index in [0.29, 0.717) is 15.9 Å². The van der Waals surface area contributed by atoms with Crippen molar-refractivity contribution in [2.24, 2.45) is 0 Å². The zero-order valence-electron chi connectivity index (χ0n) is 9.03. The summed E-state index contributed by atoms with van der Waals surface area (Å²) in [6.45, 7) is 1.93. The highest BCUT2D eigenvalue weighted by Crippen LogP contribution is 2.32. The van der Waals surface area contributed by atoms with Gasteiger partial charge < -0.3 is 10.7 Å². The summed E-state index contributed by atoms with van der Waals surface area (Å²) in [5.74, 6) is 0. The van der Waals surface area contributed by atoms with Gasteiger partial charge in [0.2, 0.25) is 0 Å². The van der Waals surface area contributed by atoms with Crippen LogP contribution in [-0.2, 0) is 0 Å². The number of hydrogen-bond acceptors (Lipinski definition) is 4. The predicted octanol–water partition coefficient (Wildman–Crippen LogP) is 2.47. The molecule has 0 radical (unpaired) electrons. The molecule has 0 saturated heterocycles. The number of halogens is 1. The van der Waals surface area contributed by atoms with Crippen molar-refractivity contribution < 1.29 is 0 Å². The summed E-state index contributed by atoms with van der Waals surface area (Å²) in [5.41, 5.74) is 7.05. The van der Waals surface area contributed by atoms with Crippen LogP contribution in [-0.4, -0.2) is 9.97 Å². The van der Waals surface area contributed by atoms with Crippen LogP contribution in [0.15, 0.2) is 39.2 Å². The Bertz CT molecular complexity index is 612. The number of H-pyrrole nitrogens is 1. The second kappa shape index (κ2) is 4.81. The molecule has 88 valence electrons. The van der Waals surface area contributed by atoms with E-state index >= 15 is 0 Å². The maximum Gasteiger partial charge on any atom is 0.251 e. The molecule has 4 nitrogen and oxygen atoms in total. The van der Waals surface area contributed by atoms with Crippen LogP contribution >= 0.6 is 23.4 Å². The minimum Gasteiger partial charge on any atom is -0.398 e. The highest BCUT2D eigenvalue weighted by molar-refractivity contribution is 7.99. The van der Waals surface area contributed by atoms with Crippen LogP contribution in [0.1, 0.15) is 5.56 Å². The molecule has 0 spiro atoms. The first-order valence-electron chi connectivity index (χ1n) is 4.85. The van der Waals surface area contributed by atoms with Crippen LogP contribution in [0.25, 0.3) is 0 Å². The van der Waals surface area contributed by atoms with Crippen LogP contribution in [0, 0.1) is 6.92 Å². The summed E-state index contributed by atoms with van der Waals surface area (Å²) in [4.78, 5) is 18.7. The van der Waals surface area contributed by atoms with Crippen LogP contribution in [0.2, 0.25) is 5.02 Å². The molecule has 1 aromatic heterocycles. The summed E-state index contributed by atoms with van der Waals surface area (Å²) in [6, 6.07) is 4.93. The molecule has 0 bridgehead atoms. The third-order valence-corrected chi connectivity index (χ3v) is 3.54. The summed E-state index contributed by atoms with van der Waals surface area (Å²) in [5, 5.41) is 1.03. The number of aryl methyl sites for hydroxylation is 1. The normalized spacial score (nSPS) is 10.5. The van der Waals surface area contributed by atoms with Gasteiger partial charge in [-0.2, -0.15) is 0 Å². The summed E-state index contributed by atoms with van der Waals surface area (Å²) in [6.07, 6.45) is 1.47. The molecule has 1 aromatic carbocycles. The van der Waals surface area contributed by atoms with E-state index in [4.69, 9.17) is 17.3 Å². The van der Waals surface area contributed by atoms with E-state index in [1.165, 1.54) is 24.0 Å². The van der Waals surface area contributed by atoms with Crippen LogP contribution < -0.4 is 11.3 Å². The van der Waals surface area contributed by atoms with Crippen molar-refractivity contribution in [3.8, 4) is 0 Å². The van der Waals surface area contributed by atoms with Crippen LogP contribution in [0.4, 0.5) is 5.69 Å². The monoisotopic (exact) mass is 267 g/mol. The maximum atomic E-state index is 11.1. The molecule has 0 aliphatic heterocycles. The first-order chi connectivity index (χ1) is 8.06. The average Bonchev–Trinajstić information content (AvgIpc) is 2.26. The van der Waals surface area contributed by atoms with Crippen molar-refractivity contribution in [2.45, 2.75) is 17.0 Å². The van der Waals surface area contributed by atoms with Gasteiger partial charge in [0, 0.05) is 17.2 Å². The fourth-order valence-corrected chi connectivity index (χ4v) is 2.40. The molecule has 0 saturated carbocycles. The number of nitrogens with zero attached hydrogens (tertiary/aromatic N) is 1. The molecule has 0 atom stereocenters. The largest absolute Gasteiger partial charge is 0.398 e. The Hall–Kier alpha value is -1.46. The number of hydrogen-bond donors (Lipinski definition) is 2. The minimum atomic E-state index is -0.179. The molecule has 3 N–H and O–H groups in total. The molecule has 0 amide bonds. The topological polar surface area (TPSA) is 71.8 Å². The van der Waals surface area contributed by atoms with Crippen molar-refractivity contribution >= 4 is 29.1 Å². The van der Waals surface area contributed by atoms with Crippen LogP contribution in [0.5, 0.6) is 0 Å². The number of anilines is 1. The van der Waals surface area contributed by atoms with Gasteiger partial charge in [0.1, 0.15) is 0 Å². The SMILES string of the molecule is Cc1cc(N)c(Cl)cc1Sc1nccc(=O)[nH]1.